The Labute approximate surface area is 126 Å². The maximum Gasteiger partial charge on any atom is 0.247 e. The van der Waals surface area contributed by atoms with E-state index in [0.29, 0.717) is 24.6 Å². The lowest BCUT2D eigenvalue weighted by molar-refractivity contribution is 0.279. The average Bonchev–Trinajstić information content (AvgIpc) is 3.28. The predicted octanol–water partition coefficient (Wildman–Crippen LogP) is 2.16. The van der Waals surface area contributed by atoms with Gasteiger partial charge in [-0.2, -0.15) is 4.31 Å². The van der Waals surface area contributed by atoms with Gasteiger partial charge in [-0.3, -0.25) is 0 Å². The summed E-state index contributed by atoms with van der Waals surface area (Å²) in [5.74, 6) is 0.511. The molecule has 0 aromatic heterocycles. The van der Waals surface area contributed by atoms with Gasteiger partial charge in [0.05, 0.1) is 6.61 Å². The van der Waals surface area contributed by atoms with Crippen LogP contribution in [0.1, 0.15) is 38.2 Å². The minimum Gasteiger partial charge on any atom is -0.492 e. The second-order valence-corrected chi connectivity index (χ2v) is 7.67. The van der Waals surface area contributed by atoms with Crippen LogP contribution in [0, 0.1) is 0 Å². The van der Waals surface area contributed by atoms with E-state index >= 15 is 0 Å². The summed E-state index contributed by atoms with van der Waals surface area (Å²) in [7, 11) is -3.54. The SMILES string of the molecule is CCCN(C1CC1)S(=O)(=O)c1cc(N)cc2c1OCCC2. The average molecular weight is 310 g/mol. The minimum absolute atomic E-state index is 0.149. The van der Waals surface area contributed by atoms with Gasteiger partial charge < -0.3 is 10.5 Å². The number of fused-ring (bicyclic) bond motifs is 1. The molecule has 21 heavy (non-hydrogen) atoms. The molecule has 2 N–H and O–H groups in total. The summed E-state index contributed by atoms with van der Waals surface area (Å²) < 4.78 is 33.3. The standard InChI is InChI=1S/C15H22N2O3S/c1-2-7-17(13-5-6-13)21(18,19)14-10-12(16)9-11-4-3-8-20-15(11)14/h9-10,13H,2-8,16H2,1H3. The smallest absolute Gasteiger partial charge is 0.247 e. The summed E-state index contributed by atoms with van der Waals surface area (Å²) in [6.45, 7) is 3.11. The molecule has 3 rings (SSSR count). The Morgan fingerprint density at radius 3 is 2.81 bits per heavy atom. The van der Waals surface area contributed by atoms with Gasteiger partial charge in [0, 0.05) is 18.3 Å². The lowest BCUT2D eigenvalue weighted by Crippen LogP contribution is -2.34. The van der Waals surface area contributed by atoms with E-state index in [-0.39, 0.29) is 10.9 Å². The monoisotopic (exact) mass is 310 g/mol. The molecule has 2 aliphatic rings. The third-order valence-electron chi connectivity index (χ3n) is 3.98. The summed E-state index contributed by atoms with van der Waals surface area (Å²) in [4.78, 5) is 0.248. The van der Waals surface area contributed by atoms with Crippen molar-refractivity contribution in [1.29, 1.82) is 0 Å². The number of nitrogens with two attached hydrogens (primary N) is 1. The highest BCUT2D eigenvalue weighted by molar-refractivity contribution is 7.89. The van der Waals surface area contributed by atoms with E-state index in [9.17, 15) is 8.42 Å². The number of benzene rings is 1. The molecule has 1 aliphatic carbocycles. The second kappa shape index (κ2) is 5.50. The predicted molar refractivity (Wildman–Crippen MR) is 81.9 cm³/mol. The number of aryl methyl sites for hydroxylation is 1. The van der Waals surface area contributed by atoms with Gasteiger partial charge in [0.1, 0.15) is 10.6 Å². The van der Waals surface area contributed by atoms with Crippen molar-refractivity contribution in [2.75, 3.05) is 18.9 Å². The lowest BCUT2D eigenvalue weighted by atomic mass is 10.1. The van der Waals surface area contributed by atoms with Crippen molar-refractivity contribution < 1.29 is 13.2 Å². The molecule has 1 aliphatic heterocycles. The van der Waals surface area contributed by atoms with E-state index in [2.05, 4.69) is 0 Å². The van der Waals surface area contributed by atoms with E-state index < -0.39 is 10.0 Å². The van der Waals surface area contributed by atoms with Crippen molar-refractivity contribution >= 4 is 15.7 Å². The van der Waals surface area contributed by atoms with E-state index in [0.717, 1.165) is 37.7 Å². The van der Waals surface area contributed by atoms with Gasteiger partial charge in [0.2, 0.25) is 10.0 Å². The molecule has 1 fully saturated rings. The topological polar surface area (TPSA) is 72.6 Å². The van der Waals surface area contributed by atoms with Gasteiger partial charge in [-0.15, -0.1) is 0 Å². The number of anilines is 1. The fraction of sp³-hybridized carbons (Fsp3) is 0.600. The van der Waals surface area contributed by atoms with Gasteiger partial charge in [-0.25, -0.2) is 8.42 Å². The quantitative estimate of drug-likeness (QED) is 0.846. The van der Waals surface area contributed by atoms with Gasteiger partial charge in [0.15, 0.2) is 0 Å². The molecule has 5 nitrogen and oxygen atoms in total. The first kappa shape index (κ1) is 14.7. The highest BCUT2D eigenvalue weighted by Crippen LogP contribution is 2.39. The van der Waals surface area contributed by atoms with Gasteiger partial charge in [-0.1, -0.05) is 6.92 Å². The minimum atomic E-state index is -3.54. The summed E-state index contributed by atoms with van der Waals surface area (Å²) >= 11 is 0. The van der Waals surface area contributed by atoms with Crippen molar-refractivity contribution in [3.63, 3.8) is 0 Å². The molecular weight excluding hydrogens is 288 g/mol. The molecule has 1 aromatic carbocycles. The number of nitrogens with zero attached hydrogens (tertiary/aromatic N) is 1. The zero-order valence-electron chi connectivity index (χ0n) is 12.3. The van der Waals surface area contributed by atoms with Crippen LogP contribution in [0.2, 0.25) is 0 Å². The molecule has 0 unspecified atom stereocenters. The zero-order valence-corrected chi connectivity index (χ0v) is 13.2. The van der Waals surface area contributed by atoms with Crippen LogP contribution in [0.15, 0.2) is 17.0 Å². The fourth-order valence-corrected chi connectivity index (χ4v) is 4.86. The van der Waals surface area contributed by atoms with Crippen molar-refractivity contribution in [1.82, 2.24) is 4.31 Å². The van der Waals surface area contributed by atoms with Crippen LogP contribution < -0.4 is 10.5 Å². The highest BCUT2D eigenvalue weighted by Gasteiger charge is 2.39. The van der Waals surface area contributed by atoms with Gasteiger partial charge in [-0.05, 0) is 49.8 Å². The third-order valence-corrected chi connectivity index (χ3v) is 5.93. The molecule has 0 bridgehead atoms. The molecule has 6 heteroatoms. The van der Waals surface area contributed by atoms with Crippen LogP contribution in [0.4, 0.5) is 5.69 Å². The number of hydrogen-bond donors (Lipinski definition) is 1. The Bertz CT molecular complexity index is 639. The second-order valence-electron chi connectivity index (χ2n) is 5.81. The number of hydrogen-bond acceptors (Lipinski definition) is 4. The van der Waals surface area contributed by atoms with Crippen LogP contribution >= 0.6 is 0 Å². The Balaban J connectivity index is 2.07. The van der Waals surface area contributed by atoms with Crippen molar-refractivity contribution in [2.24, 2.45) is 0 Å². The van der Waals surface area contributed by atoms with Crippen molar-refractivity contribution in [2.45, 2.75) is 50.0 Å². The maximum atomic E-state index is 13.0. The summed E-state index contributed by atoms with van der Waals surface area (Å²) in [5.41, 5.74) is 7.31. The van der Waals surface area contributed by atoms with E-state index in [1.54, 1.807) is 10.4 Å². The Morgan fingerprint density at radius 1 is 1.38 bits per heavy atom. The van der Waals surface area contributed by atoms with Crippen LogP contribution in [-0.2, 0) is 16.4 Å². The molecule has 116 valence electrons. The summed E-state index contributed by atoms with van der Waals surface area (Å²) in [6.07, 6.45) is 4.42. The van der Waals surface area contributed by atoms with Gasteiger partial charge in [0.25, 0.3) is 0 Å². The first-order valence-corrected chi connectivity index (χ1v) is 9.05. The molecule has 1 saturated carbocycles. The first-order chi connectivity index (χ1) is 10.0. The molecule has 0 radical (unpaired) electrons. The number of ether oxygens (including phenoxy) is 1. The molecule has 0 saturated heterocycles. The van der Waals surface area contributed by atoms with E-state index in [1.165, 1.54) is 0 Å². The number of rotatable bonds is 5. The van der Waals surface area contributed by atoms with E-state index in [4.69, 9.17) is 10.5 Å². The van der Waals surface area contributed by atoms with E-state index in [1.807, 2.05) is 13.0 Å². The third kappa shape index (κ3) is 2.74. The number of nitrogen functional groups attached to an aromatic ring is 1. The van der Waals surface area contributed by atoms with Crippen molar-refractivity contribution in [3.8, 4) is 5.75 Å². The summed E-state index contributed by atoms with van der Waals surface area (Å²) in [6, 6.07) is 3.52. The van der Waals surface area contributed by atoms with Crippen molar-refractivity contribution in [3.05, 3.63) is 17.7 Å². The molecule has 0 spiro atoms. The normalized spacial score (nSPS) is 18.4. The lowest BCUT2D eigenvalue weighted by Gasteiger charge is -2.26. The van der Waals surface area contributed by atoms with Crippen LogP contribution in [-0.4, -0.2) is 31.9 Å². The Hall–Kier alpha value is -1.27. The molecular formula is C15H22N2O3S. The van der Waals surface area contributed by atoms with Crippen LogP contribution in [0.25, 0.3) is 0 Å². The van der Waals surface area contributed by atoms with Crippen LogP contribution in [0.5, 0.6) is 5.75 Å². The molecule has 1 aromatic rings. The van der Waals surface area contributed by atoms with Gasteiger partial charge >= 0.3 is 0 Å². The molecule has 0 atom stereocenters. The number of sulfonamides is 1. The summed E-state index contributed by atoms with van der Waals surface area (Å²) in [5, 5.41) is 0. The fourth-order valence-electron chi connectivity index (χ4n) is 2.87. The molecule has 0 amide bonds. The highest BCUT2D eigenvalue weighted by atomic mass is 32.2. The largest absolute Gasteiger partial charge is 0.492 e. The zero-order chi connectivity index (χ0) is 15.0. The molecule has 1 heterocycles. The first-order valence-electron chi connectivity index (χ1n) is 7.61. The Morgan fingerprint density at radius 2 is 2.14 bits per heavy atom. The van der Waals surface area contributed by atoms with Crippen LogP contribution in [0.3, 0.4) is 0 Å². The maximum absolute atomic E-state index is 13.0. The Kier molecular flexibility index (Phi) is 3.84.